The van der Waals surface area contributed by atoms with E-state index in [-0.39, 0.29) is 50.8 Å². The second-order valence-electron chi connectivity index (χ2n) is 9.34. The maximum absolute atomic E-state index is 13.1. The van der Waals surface area contributed by atoms with Crippen molar-refractivity contribution in [2.45, 2.75) is 51.0 Å². The third kappa shape index (κ3) is 9.90. The molecule has 4 N–H and O–H groups in total. The van der Waals surface area contributed by atoms with Crippen molar-refractivity contribution in [1.82, 2.24) is 16.0 Å². The van der Waals surface area contributed by atoms with Crippen molar-refractivity contribution in [3.63, 3.8) is 0 Å². The minimum Gasteiger partial charge on any atom is -0.454 e. The number of ether oxygens (including phenoxy) is 2. The molecule has 2 aromatic rings. The summed E-state index contributed by atoms with van der Waals surface area (Å²) in [5, 5.41) is 17.2. The molecule has 0 saturated carbocycles. The van der Waals surface area contributed by atoms with Crippen LogP contribution in [0.5, 0.6) is 0 Å². The summed E-state index contributed by atoms with van der Waals surface area (Å²) in [6.07, 6.45) is 2.03. The van der Waals surface area contributed by atoms with Crippen LogP contribution in [-0.4, -0.2) is 54.2 Å². The summed E-state index contributed by atoms with van der Waals surface area (Å²) < 4.78 is 11.0. The third-order valence-corrected chi connectivity index (χ3v) is 6.12. The summed E-state index contributed by atoms with van der Waals surface area (Å²) >= 11 is 0. The van der Waals surface area contributed by atoms with E-state index < -0.39 is 36.2 Å². The lowest BCUT2D eigenvalue weighted by Gasteiger charge is -2.24. The number of carbonyl (C=O) groups excluding carboxylic acids is 4. The van der Waals surface area contributed by atoms with E-state index in [4.69, 9.17) is 9.47 Å². The molecule has 0 radical (unpaired) electrons. The first kappa shape index (κ1) is 29.4. The molecule has 3 rings (SSSR count). The molecule has 1 aliphatic heterocycles. The molecule has 0 fully saturated rings. The van der Waals surface area contributed by atoms with E-state index in [0.29, 0.717) is 5.56 Å². The Bertz CT molecular complexity index is 1120. The zero-order valence-corrected chi connectivity index (χ0v) is 21.9. The number of cyclic esters (lactones) is 1. The van der Waals surface area contributed by atoms with Gasteiger partial charge in [0, 0.05) is 12.5 Å². The Morgan fingerprint density at radius 2 is 1.72 bits per heavy atom. The molecule has 1 aliphatic rings. The molecule has 10 heteroatoms. The van der Waals surface area contributed by atoms with Gasteiger partial charge in [-0.1, -0.05) is 72.8 Å². The molecular formula is C29H35N3O7. The van der Waals surface area contributed by atoms with E-state index in [1.165, 1.54) is 0 Å². The first-order chi connectivity index (χ1) is 18.9. The Morgan fingerprint density at radius 3 is 2.41 bits per heavy atom. The molecule has 0 saturated heterocycles. The average Bonchev–Trinajstić information content (AvgIpc) is 2.95. The lowest BCUT2D eigenvalue weighted by molar-refractivity contribution is -0.152. The van der Waals surface area contributed by atoms with E-state index in [9.17, 15) is 24.3 Å². The average molecular weight is 538 g/mol. The smallest absolute Gasteiger partial charge is 0.408 e. The van der Waals surface area contributed by atoms with E-state index in [1.807, 2.05) is 36.4 Å². The Kier molecular flexibility index (Phi) is 11.5. The molecule has 3 amide bonds. The Morgan fingerprint density at radius 1 is 1.05 bits per heavy atom. The predicted octanol–water partition coefficient (Wildman–Crippen LogP) is 2.54. The number of aliphatic hydroxyl groups is 1. The van der Waals surface area contributed by atoms with Gasteiger partial charge >= 0.3 is 12.1 Å². The number of carbonyl (C=O) groups is 4. The van der Waals surface area contributed by atoms with Crippen LogP contribution in [0.4, 0.5) is 4.79 Å². The molecule has 1 heterocycles. The second kappa shape index (κ2) is 15.3. The number of rotatable bonds is 8. The van der Waals surface area contributed by atoms with Crippen LogP contribution in [0.3, 0.4) is 0 Å². The quantitative estimate of drug-likeness (QED) is 0.299. The molecule has 4 atom stereocenters. The highest BCUT2D eigenvalue weighted by Crippen LogP contribution is 2.20. The summed E-state index contributed by atoms with van der Waals surface area (Å²) in [6.45, 7) is 1.47. The largest absolute Gasteiger partial charge is 0.454 e. The van der Waals surface area contributed by atoms with E-state index in [2.05, 4.69) is 16.0 Å². The highest BCUT2D eigenvalue weighted by atomic mass is 16.6. The van der Waals surface area contributed by atoms with Crippen molar-refractivity contribution < 1.29 is 33.8 Å². The summed E-state index contributed by atoms with van der Waals surface area (Å²) in [5.74, 6) is -2.07. The Labute approximate surface area is 227 Å². The van der Waals surface area contributed by atoms with Gasteiger partial charge in [-0.05, 0) is 30.9 Å². The molecule has 4 unspecified atom stereocenters. The molecule has 208 valence electrons. The number of alkyl carbamates (subject to hydrolysis) is 1. The summed E-state index contributed by atoms with van der Waals surface area (Å²) in [4.78, 5) is 51.0. The fourth-order valence-electron chi connectivity index (χ4n) is 3.96. The van der Waals surface area contributed by atoms with Crippen molar-refractivity contribution in [2.24, 2.45) is 5.92 Å². The summed E-state index contributed by atoms with van der Waals surface area (Å²) in [5.41, 5.74) is 1.47. The number of nitrogens with one attached hydrogen (secondary N) is 3. The van der Waals surface area contributed by atoms with Gasteiger partial charge in [0.1, 0.15) is 18.8 Å². The zero-order chi connectivity index (χ0) is 28.0. The monoisotopic (exact) mass is 537 g/mol. The summed E-state index contributed by atoms with van der Waals surface area (Å²) in [6, 6.07) is 16.6. The maximum atomic E-state index is 13.1. The maximum Gasteiger partial charge on any atom is 0.408 e. The van der Waals surface area contributed by atoms with E-state index >= 15 is 0 Å². The van der Waals surface area contributed by atoms with Gasteiger partial charge in [0.25, 0.3) is 0 Å². The molecule has 0 spiro atoms. The lowest BCUT2D eigenvalue weighted by Crippen LogP contribution is -2.44. The predicted molar refractivity (Wildman–Crippen MR) is 143 cm³/mol. The minimum absolute atomic E-state index is 0.0192. The molecule has 10 nitrogen and oxygen atoms in total. The standard InChI is InChI=1S/C29H35N3O7/c1-20(18-33)31-26(34)16-23-14-8-9-15-24(32-29(37)38-19-21-10-4-2-5-11-21)28(36)39-25(17-30-27(23)35)22-12-6-3-7-13-22/h2-13,20,23-25,33H,14-19H2,1H3,(H,30,35)(H,31,34)(H,32,37). The highest BCUT2D eigenvalue weighted by molar-refractivity contribution is 5.86. The van der Waals surface area contributed by atoms with Crippen LogP contribution in [0.2, 0.25) is 0 Å². The number of esters is 1. The molecule has 39 heavy (non-hydrogen) atoms. The van der Waals surface area contributed by atoms with Crippen molar-refractivity contribution in [3.05, 3.63) is 83.9 Å². The van der Waals surface area contributed by atoms with Crippen LogP contribution in [0, 0.1) is 5.92 Å². The van der Waals surface area contributed by atoms with Crippen LogP contribution >= 0.6 is 0 Å². The number of hydrogen-bond acceptors (Lipinski definition) is 7. The number of amides is 3. The van der Waals surface area contributed by atoms with Crippen molar-refractivity contribution in [2.75, 3.05) is 13.2 Å². The van der Waals surface area contributed by atoms with Crippen LogP contribution in [0.25, 0.3) is 0 Å². The van der Waals surface area contributed by atoms with Gasteiger partial charge in [0.2, 0.25) is 11.8 Å². The van der Waals surface area contributed by atoms with E-state index in [1.54, 1.807) is 43.3 Å². The van der Waals surface area contributed by atoms with Crippen molar-refractivity contribution >= 4 is 23.9 Å². The number of aliphatic hydroxyl groups excluding tert-OH is 1. The lowest BCUT2D eigenvalue weighted by atomic mass is 9.98. The summed E-state index contributed by atoms with van der Waals surface area (Å²) in [7, 11) is 0. The molecule has 0 aromatic heterocycles. The van der Waals surface area contributed by atoms with Gasteiger partial charge < -0.3 is 30.5 Å². The molecule has 0 aliphatic carbocycles. The van der Waals surface area contributed by atoms with E-state index in [0.717, 1.165) is 5.56 Å². The first-order valence-corrected chi connectivity index (χ1v) is 12.9. The van der Waals surface area contributed by atoms with Gasteiger partial charge in [-0.2, -0.15) is 0 Å². The molecule has 0 bridgehead atoms. The molecule has 2 aromatic carbocycles. The number of allylic oxidation sites excluding steroid dienone is 1. The zero-order valence-electron chi connectivity index (χ0n) is 21.9. The van der Waals surface area contributed by atoms with Crippen LogP contribution in [-0.2, 0) is 30.5 Å². The van der Waals surface area contributed by atoms with Gasteiger partial charge in [-0.15, -0.1) is 0 Å². The SMILES string of the molecule is CC(CO)NC(=O)CC1CC=CCC(NC(=O)OCc2ccccc2)C(=O)OC(c2ccccc2)CNC1=O. The first-order valence-electron chi connectivity index (χ1n) is 12.9. The fourth-order valence-corrected chi connectivity index (χ4v) is 3.96. The minimum atomic E-state index is -1.03. The van der Waals surface area contributed by atoms with Crippen LogP contribution < -0.4 is 16.0 Å². The van der Waals surface area contributed by atoms with Crippen molar-refractivity contribution in [1.29, 1.82) is 0 Å². The fraction of sp³-hybridized carbons (Fsp3) is 0.379. The Hall–Kier alpha value is -4.18. The van der Waals surface area contributed by atoms with Gasteiger partial charge in [-0.25, -0.2) is 9.59 Å². The van der Waals surface area contributed by atoms with Crippen LogP contribution in [0.15, 0.2) is 72.8 Å². The van der Waals surface area contributed by atoms with Gasteiger partial charge in [0.15, 0.2) is 0 Å². The van der Waals surface area contributed by atoms with Gasteiger partial charge in [0.05, 0.1) is 19.1 Å². The normalized spacial score (nSPS) is 20.8. The Balaban J connectivity index is 1.75. The highest BCUT2D eigenvalue weighted by Gasteiger charge is 2.28. The van der Waals surface area contributed by atoms with Crippen LogP contribution in [0.1, 0.15) is 43.4 Å². The van der Waals surface area contributed by atoms with Crippen molar-refractivity contribution in [3.8, 4) is 0 Å². The molecular weight excluding hydrogens is 502 g/mol. The number of hydrogen-bond donors (Lipinski definition) is 4. The third-order valence-electron chi connectivity index (χ3n) is 6.12. The topological polar surface area (TPSA) is 143 Å². The second-order valence-corrected chi connectivity index (χ2v) is 9.34. The van der Waals surface area contributed by atoms with Gasteiger partial charge in [-0.3, -0.25) is 9.59 Å². The number of benzene rings is 2.